The van der Waals surface area contributed by atoms with Gasteiger partial charge in [0.05, 0.1) is 6.04 Å². The van der Waals surface area contributed by atoms with Gasteiger partial charge in [0.25, 0.3) is 5.56 Å². The number of aromatic amines is 1. The first kappa shape index (κ1) is 24.3. The van der Waals surface area contributed by atoms with Crippen molar-refractivity contribution in [1.29, 1.82) is 0 Å². The summed E-state index contributed by atoms with van der Waals surface area (Å²) >= 11 is 0. The standard InChI is InChI=1S/C29H33N7O3/c1-19-6-8-21-16-23(29(37)30-24(21)14-19)27(28-31-32-33-36(28)22-4-2-3-5-22)35-12-10-34(11-13-35)17-20-7-9-25-26(15-20)39-18-38-25/h6-9,14-16,22,27H,2-5,10-13,17-18H2,1H3,(H,30,37)/t27-/m0/s1. The maximum atomic E-state index is 13.6. The second kappa shape index (κ2) is 10.1. The Bertz CT molecular complexity index is 1550. The molecule has 0 unspecified atom stereocenters. The lowest BCUT2D eigenvalue weighted by atomic mass is 10.0. The molecule has 1 atom stereocenters. The predicted octanol–water partition coefficient (Wildman–Crippen LogP) is 3.57. The molecule has 4 heterocycles. The van der Waals surface area contributed by atoms with E-state index in [2.05, 4.69) is 54.6 Å². The number of hydrogen-bond donors (Lipinski definition) is 1. The Morgan fingerprint density at radius 3 is 2.67 bits per heavy atom. The molecular formula is C29H33N7O3. The van der Waals surface area contributed by atoms with Crippen molar-refractivity contribution in [2.75, 3.05) is 33.0 Å². The van der Waals surface area contributed by atoms with E-state index in [1.807, 2.05) is 29.8 Å². The molecule has 4 aromatic rings. The minimum Gasteiger partial charge on any atom is -0.454 e. The molecule has 1 saturated carbocycles. The first-order chi connectivity index (χ1) is 19.1. The number of nitrogens with zero attached hydrogens (tertiary/aromatic N) is 6. The minimum atomic E-state index is -0.317. The van der Waals surface area contributed by atoms with Crippen molar-refractivity contribution in [3.8, 4) is 11.5 Å². The van der Waals surface area contributed by atoms with E-state index < -0.39 is 0 Å². The van der Waals surface area contributed by atoms with Crippen molar-refractivity contribution >= 4 is 10.9 Å². The van der Waals surface area contributed by atoms with Gasteiger partial charge in [-0.15, -0.1) is 5.10 Å². The van der Waals surface area contributed by atoms with Crippen LogP contribution in [0.4, 0.5) is 0 Å². The number of rotatable bonds is 6. The molecule has 0 spiro atoms. The highest BCUT2D eigenvalue weighted by atomic mass is 16.7. The second-order valence-electron chi connectivity index (χ2n) is 11.0. The predicted molar refractivity (Wildman–Crippen MR) is 146 cm³/mol. The third-order valence-electron chi connectivity index (χ3n) is 8.37. The third kappa shape index (κ3) is 4.68. The minimum absolute atomic E-state index is 0.0816. The molecule has 10 heteroatoms. The largest absolute Gasteiger partial charge is 0.454 e. The summed E-state index contributed by atoms with van der Waals surface area (Å²) in [4.78, 5) is 21.5. The van der Waals surface area contributed by atoms with Gasteiger partial charge in [-0.1, -0.05) is 31.0 Å². The number of nitrogens with one attached hydrogen (secondary N) is 1. The fourth-order valence-electron chi connectivity index (χ4n) is 6.30. The number of H-pyrrole nitrogens is 1. The number of aromatic nitrogens is 5. The van der Waals surface area contributed by atoms with Gasteiger partial charge in [-0.05, 0) is 71.0 Å². The molecule has 0 bridgehead atoms. The molecule has 0 radical (unpaired) electrons. The molecule has 1 N–H and O–H groups in total. The maximum Gasteiger partial charge on any atom is 0.253 e. The molecule has 7 rings (SSSR count). The summed E-state index contributed by atoms with van der Waals surface area (Å²) in [5, 5.41) is 14.1. The van der Waals surface area contributed by atoms with Crippen LogP contribution >= 0.6 is 0 Å². The van der Waals surface area contributed by atoms with E-state index in [9.17, 15) is 4.79 Å². The smallest absolute Gasteiger partial charge is 0.253 e. The van der Waals surface area contributed by atoms with Crippen LogP contribution in [0, 0.1) is 6.92 Å². The lowest BCUT2D eigenvalue weighted by molar-refractivity contribution is 0.0988. The lowest BCUT2D eigenvalue weighted by Crippen LogP contribution is -2.48. The second-order valence-corrected chi connectivity index (χ2v) is 11.0. The monoisotopic (exact) mass is 527 g/mol. The highest BCUT2D eigenvalue weighted by molar-refractivity contribution is 5.79. The van der Waals surface area contributed by atoms with E-state index in [4.69, 9.17) is 9.47 Å². The third-order valence-corrected chi connectivity index (χ3v) is 8.37. The van der Waals surface area contributed by atoms with Gasteiger partial charge in [0, 0.05) is 43.8 Å². The molecule has 0 amide bonds. The number of ether oxygens (including phenoxy) is 2. The molecule has 39 heavy (non-hydrogen) atoms. The quantitative estimate of drug-likeness (QED) is 0.406. The molecule has 1 saturated heterocycles. The van der Waals surface area contributed by atoms with Crippen molar-refractivity contribution < 1.29 is 9.47 Å². The number of aryl methyl sites for hydroxylation is 1. The fourth-order valence-corrected chi connectivity index (χ4v) is 6.30. The van der Waals surface area contributed by atoms with Gasteiger partial charge in [0.15, 0.2) is 17.3 Å². The van der Waals surface area contributed by atoms with Gasteiger partial charge in [-0.25, -0.2) is 4.68 Å². The van der Waals surface area contributed by atoms with Gasteiger partial charge in [0.2, 0.25) is 6.79 Å². The molecule has 2 aliphatic heterocycles. The average molecular weight is 528 g/mol. The van der Waals surface area contributed by atoms with Crippen LogP contribution in [-0.2, 0) is 6.54 Å². The molecule has 3 aliphatic rings. The van der Waals surface area contributed by atoms with Gasteiger partial charge in [-0.2, -0.15) is 0 Å². The van der Waals surface area contributed by atoms with Crippen LogP contribution in [-0.4, -0.2) is 68.0 Å². The van der Waals surface area contributed by atoms with Crippen molar-refractivity contribution in [3.63, 3.8) is 0 Å². The Labute approximate surface area is 226 Å². The topological polar surface area (TPSA) is 101 Å². The summed E-state index contributed by atoms with van der Waals surface area (Å²) < 4.78 is 13.0. The van der Waals surface area contributed by atoms with Crippen LogP contribution in [0.5, 0.6) is 11.5 Å². The Balaban J connectivity index is 1.19. The zero-order valence-electron chi connectivity index (χ0n) is 22.2. The summed E-state index contributed by atoms with van der Waals surface area (Å²) in [5.41, 5.74) is 3.79. The first-order valence-electron chi connectivity index (χ1n) is 13.9. The van der Waals surface area contributed by atoms with Gasteiger partial charge < -0.3 is 14.5 Å². The van der Waals surface area contributed by atoms with Crippen LogP contribution in [0.15, 0.2) is 47.3 Å². The van der Waals surface area contributed by atoms with Crippen LogP contribution in [0.2, 0.25) is 0 Å². The van der Waals surface area contributed by atoms with E-state index in [1.165, 1.54) is 18.4 Å². The molecule has 1 aliphatic carbocycles. The number of hydrogen-bond acceptors (Lipinski definition) is 8. The normalized spacial score (nSPS) is 19.2. The molecular weight excluding hydrogens is 494 g/mol. The van der Waals surface area contributed by atoms with Crippen LogP contribution in [0.3, 0.4) is 0 Å². The molecule has 2 fully saturated rings. The molecule has 2 aromatic heterocycles. The fraction of sp³-hybridized carbons (Fsp3) is 0.448. The zero-order valence-corrected chi connectivity index (χ0v) is 22.2. The summed E-state index contributed by atoms with van der Waals surface area (Å²) in [7, 11) is 0. The summed E-state index contributed by atoms with van der Waals surface area (Å²) in [5.74, 6) is 2.39. The Kier molecular flexibility index (Phi) is 6.28. The first-order valence-corrected chi connectivity index (χ1v) is 13.9. The highest BCUT2D eigenvalue weighted by Crippen LogP contribution is 2.35. The van der Waals surface area contributed by atoms with Crippen molar-refractivity contribution in [3.05, 3.63) is 75.3 Å². The van der Waals surface area contributed by atoms with Crippen molar-refractivity contribution in [2.24, 2.45) is 0 Å². The van der Waals surface area contributed by atoms with Gasteiger partial charge >= 0.3 is 0 Å². The van der Waals surface area contributed by atoms with E-state index >= 15 is 0 Å². The number of fused-ring (bicyclic) bond motifs is 2. The maximum absolute atomic E-state index is 13.6. The number of tetrazole rings is 1. The number of pyridine rings is 1. The van der Waals surface area contributed by atoms with Crippen LogP contribution in [0.25, 0.3) is 10.9 Å². The van der Waals surface area contributed by atoms with E-state index in [1.54, 1.807) is 0 Å². The molecule has 202 valence electrons. The Hall–Kier alpha value is -3.76. The lowest BCUT2D eigenvalue weighted by Gasteiger charge is -2.39. The molecule has 10 nitrogen and oxygen atoms in total. The van der Waals surface area contributed by atoms with Crippen molar-refractivity contribution in [1.82, 2.24) is 35.0 Å². The Morgan fingerprint density at radius 2 is 1.82 bits per heavy atom. The molecule has 2 aromatic carbocycles. The Morgan fingerprint density at radius 1 is 1.00 bits per heavy atom. The zero-order chi connectivity index (χ0) is 26.3. The van der Waals surface area contributed by atoms with Crippen molar-refractivity contribution in [2.45, 2.75) is 51.2 Å². The van der Waals surface area contributed by atoms with E-state index in [0.29, 0.717) is 5.56 Å². The van der Waals surface area contributed by atoms with Crippen LogP contribution < -0.4 is 15.0 Å². The summed E-state index contributed by atoms with van der Waals surface area (Å²) in [6, 6.07) is 14.3. The van der Waals surface area contributed by atoms with Crippen LogP contribution in [0.1, 0.15) is 60.3 Å². The van der Waals surface area contributed by atoms with Gasteiger partial charge in [0.1, 0.15) is 6.04 Å². The SMILES string of the molecule is Cc1ccc2cc([C@@H](c3nnnn3C3CCCC3)N3CCN(Cc4ccc5c(c4)OCO5)CC3)c(=O)[nH]c2c1. The summed E-state index contributed by atoms with van der Waals surface area (Å²) in [6.07, 6.45) is 4.51. The number of benzene rings is 2. The average Bonchev–Trinajstić information content (AvgIpc) is 3.72. The van der Waals surface area contributed by atoms with E-state index in [-0.39, 0.29) is 24.4 Å². The summed E-state index contributed by atoms with van der Waals surface area (Å²) in [6.45, 7) is 6.52. The van der Waals surface area contributed by atoms with E-state index in [0.717, 1.165) is 79.4 Å². The number of piperazine rings is 1. The highest BCUT2D eigenvalue weighted by Gasteiger charge is 2.34. The van der Waals surface area contributed by atoms with Gasteiger partial charge in [-0.3, -0.25) is 14.6 Å².